The molecule has 2 N–H and O–H groups in total. The van der Waals surface area contributed by atoms with E-state index >= 15 is 0 Å². The Morgan fingerprint density at radius 3 is 2.10 bits per heavy atom. The van der Waals surface area contributed by atoms with Gasteiger partial charge in [0.2, 0.25) is 0 Å². The third kappa shape index (κ3) is 6.87. The lowest BCUT2D eigenvalue weighted by molar-refractivity contribution is -0.385. The first-order chi connectivity index (χ1) is 27.6. The fourth-order valence-corrected chi connectivity index (χ4v) is 9.45. The number of cyclic esters (lactones) is 1. The molecule has 1 spiro atoms. The average Bonchev–Trinajstić information content (AvgIpc) is 3.39. The molecule has 318 valence electrons. The molecule has 59 heavy (non-hydrogen) atoms. The molecule has 2 aliphatic carbocycles. The predicted octanol–water partition coefficient (Wildman–Crippen LogP) is 1.15. The van der Waals surface area contributed by atoms with Gasteiger partial charge in [-0.2, -0.15) is 0 Å². The quantitative estimate of drug-likeness (QED) is 0.293. The van der Waals surface area contributed by atoms with Gasteiger partial charge in [-0.1, -0.05) is 13.8 Å². The summed E-state index contributed by atoms with van der Waals surface area (Å²) >= 11 is 0. The summed E-state index contributed by atoms with van der Waals surface area (Å²) < 4.78 is 48.7. The van der Waals surface area contributed by atoms with Crippen molar-refractivity contribution in [2.24, 2.45) is 17.3 Å². The summed E-state index contributed by atoms with van der Waals surface area (Å²) in [5.41, 5.74) is -10.4. The lowest BCUT2D eigenvalue weighted by Gasteiger charge is -2.67. The van der Waals surface area contributed by atoms with Gasteiger partial charge in [-0.15, -0.1) is 0 Å². The van der Waals surface area contributed by atoms with Gasteiger partial charge in [-0.05, 0) is 38.1 Å². The highest BCUT2D eigenvalue weighted by molar-refractivity contribution is 5.91. The number of carbonyl (C=O) groups excluding carboxylic acids is 7. The Balaban J connectivity index is 1.76. The van der Waals surface area contributed by atoms with E-state index in [1.165, 1.54) is 50.5 Å². The minimum Gasteiger partial charge on any atom is -0.465 e. The maximum absolute atomic E-state index is 14.3. The van der Waals surface area contributed by atoms with E-state index in [0.29, 0.717) is 0 Å². The third-order valence-electron chi connectivity index (χ3n) is 12.0. The monoisotopic (exact) mass is 826 g/mol. The molecule has 6 rings (SSSR count). The van der Waals surface area contributed by atoms with Crippen LogP contribution >= 0.6 is 0 Å². The van der Waals surface area contributed by atoms with Gasteiger partial charge in [0.1, 0.15) is 54.2 Å². The number of aliphatic hydroxyl groups excluding tert-OH is 1. The Hall–Kier alpha value is -5.53. The van der Waals surface area contributed by atoms with Crippen LogP contribution in [0.4, 0.5) is 0 Å². The van der Waals surface area contributed by atoms with Crippen molar-refractivity contribution in [3.8, 4) is 0 Å². The molecule has 2 aromatic heterocycles. The molecule has 2 saturated carbocycles. The topological polar surface area (TPSA) is 260 Å². The molecule has 13 atom stereocenters. The highest BCUT2D eigenvalue weighted by Gasteiger charge is 2.91. The Bertz CT molecular complexity index is 2040. The zero-order valence-corrected chi connectivity index (χ0v) is 33.6. The first kappa shape index (κ1) is 43.1. The van der Waals surface area contributed by atoms with Crippen LogP contribution in [0, 0.1) is 17.3 Å². The minimum atomic E-state index is -2.83. The fourth-order valence-electron chi connectivity index (χ4n) is 9.45. The maximum atomic E-state index is 14.3. The fraction of sp³-hybridized carbons (Fsp3) is 0.575. The molecule has 19 heteroatoms. The second-order valence-corrected chi connectivity index (χ2v) is 15.8. The van der Waals surface area contributed by atoms with E-state index in [0.717, 1.165) is 40.8 Å². The van der Waals surface area contributed by atoms with E-state index in [1.807, 2.05) is 0 Å². The molecule has 1 saturated heterocycles. The van der Waals surface area contributed by atoms with E-state index < -0.39 is 132 Å². The van der Waals surface area contributed by atoms with Crippen LogP contribution in [-0.4, -0.2) is 129 Å². The average molecular weight is 827 g/mol. The number of ether oxygens (including phenoxy) is 8. The van der Waals surface area contributed by atoms with Crippen molar-refractivity contribution >= 4 is 41.8 Å². The number of fused-ring (bicyclic) bond motifs is 5. The number of aromatic nitrogens is 2. The molecule has 4 aliphatic rings. The molecule has 0 aromatic carbocycles. The van der Waals surface area contributed by atoms with Crippen LogP contribution in [0.1, 0.15) is 87.7 Å². The summed E-state index contributed by atoms with van der Waals surface area (Å²) in [6.45, 7) is 7.72. The van der Waals surface area contributed by atoms with E-state index in [-0.39, 0.29) is 16.8 Å². The van der Waals surface area contributed by atoms with Gasteiger partial charge in [-0.3, -0.25) is 33.9 Å². The number of hydrogen-bond donors (Lipinski definition) is 2. The van der Waals surface area contributed by atoms with Crippen LogP contribution in [0.25, 0.3) is 0 Å². The maximum Gasteiger partial charge on any atom is 0.340 e. The lowest BCUT2D eigenvalue weighted by atomic mass is 9.45. The number of aliphatic hydroxyl groups is 2. The number of pyridine rings is 2. The Morgan fingerprint density at radius 2 is 1.49 bits per heavy atom. The second kappa shape index (κ2) is 15.6. The SMILES string of the molecule is CC(=O)OC[C@@]12[C@H](OC(=O)c3cccnc3)[C@@H](O)[C@@H]3OC(=O)[C@@H](C)[C@H](C)c4ncccc4C(=O)OC[C@]4(C)O[C@@]1([C@H](OC(C)=O)[C@H]4[C@@H](OC(C)=O)[C@@H]2OC(C)=O)[C@@]3(C)O. The molecule has 4 heterocycles. The minimum absolute atomic E-state index is 0.0379. The van der Waals surface area contributed by atoms with Crippen molar-refractivity contribution in [3.05, 3.63) is 59.7 Å². The summed E-state index contributed by atoms with van der Waals surface area (Å²) in [5, 5.41) is 26.0. The Kier molecular flexibility index (Phi) is 11.4. The molecule has 19 nitrogen and oxygen atoms in total. The summed E-state index contributed by atoms with van der Waals surface area (Å²) in [6.07, 6.45) is -8.53. The van der Waals surface area contributed by atoms with Gasteiger partial charge in [0.25, 0.3) is 0 Å². The number of nitrogens with zero attached hydrogens (tertiary/aromatic N) is 2. The van der Waals surface area contributed by atoms with Crippen molar-refractivity contribution < 1.29 is 81.7 Å². The lowest BCUT2D eigenvalue weighted by Crippen LogP contribution is -2.89. The summed E-state index contributed by atoms with van der Waals surface area (Å²) in [7, 11) is 0. The van der Waals surface area contributed by atoms with E-state index in [2.05, 4.69) is 9.97 Å². The largest absolute Gasteiger partial charge is 0.465 e. The zero-order valence-electron chi connectivity index (χ0n) is 33.6. The zero-order chi connectivity index (χ0) is 43.4. The van der Waals surface area contributed by atoms with Crippen LogP contribution in [0.2, 0.25) is 0 Å². The third-order valence-corrected chi connectivity index (χ3v) is 12.0. The van der Waals surface area contributed by atoms with Crippen LogP contribution in [0.3, 0.4) is 0 Å². The predicted molar refractivity (Wildman–Crippen MR) is 193 cm³/mol. The number of rotatable bonds is 7. The highest BCUT2D eigenvalue weighted by atomic mass is 16.7. The number of esters is 7. The van der Waals surface area contributed by atoms with Gasteiger partial charge in [0.05, 0.1) is 28.7 Å². The van der Waals surface area contributed by atoms with Crippen molar-refractivity contribution in [3.63, 3.8) is 0 Å². The normalized spacial score (nSPS) is 37.4. The molecule has 3 fully saturated rings. The summed E-state index contributed by atoms with van der Waals surface area (Å²) in [6, 6.07) is 5.63. The number of hydrogen-bond acceptors (Lipinski definition) is 19. The molecule has 0 unspecified atom stereocenters. The molecular weight excluding hydrogens is 780 g/mol. The van der Waals surface area contributed by atoms with Crippen LogP contribution in [-0.2, 0) is 61.9 Å². The molecule has 0 amide bonds. The van der Waals surface area contributed by atoms with E-state index in [1.54, 1.807) is 6.92 Å². The van der Waals surface area contributed by atoms with Crippen molar-refractivity contribution in [2.45, 2.75) is 115 Å². The first-order valence-corrected chi connectivity index (χ1v) is 18.8. The number of carbonyl (C=O) groups is 7. The first-order valence-electron chi connectivity index (χ1n) is 18.8. The Morgan fingerprint density at radius 1 is 0.847 bits per heavy atom. The van der Waals surface area contributed by atoms with E-state index in [9.17, 15) is 43.8 Å². The molecule has 4 bridgehead atoms. The molecule has 2 aliphatic heterocycles. The Labute approximate surface area is 337 Å². The summed E-state index contributed by atoms with van der Waals surface area (Å²) in [5.74, 6) is -10.7. The highest BCUT2D eigenvalue weighted by Crippen LogP contribution is 2.70. The molecule has 2 aromatic rings. The molecule has 0 radical (unpaired) electrons. The summed E-state index contributed by atoms with van der Waals surface area (Å²) in [4.78, 5) is 103. The van der Waals surface area contributed by atoms with Crippen molar-refractivity contribution in [1.82, 2.24) is 9.97 Å². The van der Waals surface area contributed by atoms with Gasteiger partial charge < -0.3 is 48.1 Å². The van der Waals surface area contributed by atoms with Crippen LogP contribution in [0.5, 0.6) is 0 Å². The molecular formula is C40H46N2O17. The van der Waals surface area contributed by atoms with E-state index in [4.69, 9.17) is 37.9 Å². The van der Waals surface area contributed by atoms with Gasteiger partial charge in [0, 0.05) is 52.2 Å². The van der Waals surface area contributed by atoms with Gasteiger partial charge in [0.15, 0.2) is 17.8 Å². The van der Waals surface area contributed by atoms with Crippen LogP contribution < -0.4 is 0 Å². The van der Waals surface area contributed by atoms with Crippen molar-refractivity contribution in [1.29, 1.82) is 0 Å². The second-order valence-electron chi connectivity index (χ2n) is 15.8. The standard InChI is InChI=1S/C40H46N2O17/c1-18-19(2)34(48)57-31-28(47)32(58-35(49)24-11-9-13-41-15-24)39(17-52-20(3)43)33(56-23(6)46)29(54-21(4)44)26-30(55-22(5)45)40(39,38(31,8)51)59-37(26,7)16-53-36(50)25-12-10-14-42-27(18)25/h9-15,18-19,26,28-33,47,51H,16-17H2,1-8H3/t18-,19-,26+,28-,29+,30+,31-,32+,33-,37-,38-,39-,40-/m0/s1. The van der Waals surface area contributed by atoms with Gasteiger partial charge >= 0.3 is 41.8 Å². The smallest absolute Gasteiger partial charge is 0.340 e. The van der Waals surface area contributed by atoms with Crippen LogP contribution in [0.15, 0.2) is 42.9 Å². The van der Waals surface area contributed by atoms with Gasteiger partial charge in [-0.25, -0.2) is 9.59 Å². The van der Waals surface area contributed by atoms with Crippen molar-refractivity contribution in [2.75, 3.05) is 13.2 Å².